The summed E-state index contributed by atoms with van der Waals surface area (Å²) in [5.74, 6) is -1.65. The van der Waals surface area contributed by atoms with Crippen molar-refractivity contribution in [1.82, 2.24) is 10.6 Å². The fourth-order valence-corrected chi connectivity index (χ4v) is 4.13. The third-order valence-corrected chi connectivity index (χ3v) is 5.81. The van der Waals surface area contributed by atoms with Gasteiger partial charge >= 0.3 is 11.8 Å². The number of carbonyl (C=O) groups is 2. The Morgan fingerprint density at radius 2 is 1.42 bits per heavy atom. The van der Waals surface area contributed by atoms with E-state index in [9.17, 15) is 18.0 Å². The molecule has 2 rings (SSSR count). The van der Waals surface area contributed by atoms with E-state index in [0.29, 0.717) is 5.56 Å². The lowest BCUT2D eigenvalue weighted by atomic mass is 10.1. The second-order valence-electron chi connectivity index (χ2n) is 6.10. The summed E-state index contributed by atoms with van der Waals surface area (Å²) >= 11 is 0. The van der Waals surface area contributed by atoms with Crippen LogP contribution in [0.15, 0.2) is 65.6 Å². The molecule has 0 radical (unpaired) electrons. The molecule has 0 spiro atoms. The molecule has 138 valence electrons. The molecule has 0 aliphatic rings. The highest BCUT2D eigenvalue weighted by molar-refractivity contribution is 7.91. The molecule has 0 unspecified atom stereocenters. The van der Waals surface area contributed by atoms with Gasteiger partial charge in [-0.2, -0.15) is 0 Å². The summed E-state index contributed by atoms with van der Waals surface area (Å²) in [5.41, 5.74) is 0.543. The van der Waals surface area contributed by atoms with Crippen LogP contribution >= 0.6 is 0 Å². The Labute approximate surface area is 153 Å². The Hall–Kier alpha value is -2.67. The van der Waals surface area contributed by atoms with Crippen LogP contribution in [0.4, 0.5) is 0 Å². The van der Waals surface area contributed by atoms with Crippen LogP contribution in [0.5, 0.6) is 0 Å². The Morgan fingerprint density at radius 1 is 0.885 bits per heavy atom. The van der Waals surface area contributed by atoms with Gasteiger partial charge < -0.3 is 10.6 Å². The molecule has 0 aliphatic carbocycles. The van der Waals surface area contributed by atoms with Crippen molar-refractivity contribution in [3.63, 3.8) is 0 Å². The molecule has 7 heteroatoms. The van der Waals surface area contributed by atoms with Crippen LogP contribution in [0.25, 0.3) is 0 Å². The van der Waals surface area contributed by atoms with Gasteiger partial charge in [0.15, 0.2) is 9.84 Å². The summed E-state index contributed by atoms with van der Waals surface area (Å²) in [5, 5.41) is 3.91. The lowest BCUT2D eigenvalue weighted by molar-refractivity contribution is -0.139. The highest BCUT2D eigenvalue weighted by Crippen LogP contribution is 2.28. The number of hydrogen-bond donors (Lipinski definition) is 2. The number of nitrogens with one attached hydrogen (secondary N) is 2. The molecule has 2 aromatic carbocycles. The van der Waals surface area contributed by atoms with Crippen LogP contribution in [-0.4, -0.2) is 32.8 Å². The average molecular weight is 374 g/mol. The van der Waals surface area contributed by atoms with Crippen molar-refractivity contribution in [2.24, 2.45) is 0 Å². The molecule has 0 heterocycles. The van der Waals surface area contributed by atoms with Crippen LogP contribution in [0.3, 0.4) is 0 Å². The number of benzene rings is 2. The molecule has 2 amide bonds. The van der Waals surface area contributed by atoms with E-state index in [0.717, 1.165) is 0 Å². The van der Waals surface area contributed by atoms with Gasteiger partial charge in [0.25, 0.3) is 0 Å². The van der Waals surface area contributed by atoms with E-state index in [1.165, 1.54) is 12.1 Å². The average Bonchev–Trinajstić information content (AvgIpc) is 2.62. The number of amides is 2. The standard InChI is InChI=1S/C19H22N2O4S/c1-14(2)21-19(23)18(22)20-13-17(15-9-5-3-6-10-15)26(24,25)16-11-7-4-8-12-16/h3-12,14,17H,13H2,1-2H3,(H,20,22)(H,21,23)/t17-/m0/s1. The Morgan fingerprint density at radius 3 is 1.96 bits per heavy atom. The monoisotopic (exact) mass is 374 g/mol. The summed E-state index contributed by atoms with van der Waals surface area (Å²) in [4.78, 5) is 23.9. The fourth-order valence-electron chi connectivity index (χ4n) is 2.44. The number of sulfone groups is 1. The first-order chi connectivity index (χ1) is 12.3. The first kappa shape index (κ1) is 19.7. The van der Waals surface area contributed by atoms with Crippen molar-refractivity contribution in [2.45, 2.75) is 30.0 Å². The van der Waals surface area contributed by atoms with Crippen molar-refractivity contribution in [3.8, 4) is 0 Å². The lowest BCUT2D eigenvalue weighted by Gasteiger charge is -2.19. The molecule has 26 heavy (non-hydrogen) atoms. The van der Waals surface area contributed by atoms with E-state index in [4.69, 9.17) is 0 Å². The van der Waals surface area contributed by atoms with E-state index in [2.05, 4.69) is 10.6 Å². The Kier molecular flexibility index (Phi) is 6.52. The van der Waals surface area contributed by atoms with E-state index in [-0.39, 0.29) is 17.5 Å². The Bertz CT molecular complexity index is 850. The summed E-state index contributed by atoms with van der Waals surface area (Å²) in [7, 11) is -3.74. The maximum Gasteiger partial charge on any atom is 0.309 e. The predicted molar refractivity (Wildman–Crippen MR) is 99.1 cm³/mol. The predicted octanol–water partition coefficient (Wildman–Crippen LogP) is 1.84. The number of hydrogen-bond acceptors (Lipinski definition) is 4. The minimum absolute atomic E-state index is 0.162. The second-order valence-corrected chi connectivity index (χ2v) is 8.23. The van der Waals surface area contributed by atoms with E-state index < -0.39 is 26.9 Å². The van der Waals surface area contributed by atoms with E-state index in [1.54, 1.807) is 62.4 Å². The van der Waals surface area contributed by atoms with Crippen molar-refractivity contribution in [3.05, 3.63) is 66.2 Å². The molecule has 0 aromatic heterocycles. The smallest absolute Gasteiger partial charge is 0.309 e. The quantitative estimate of drug-likeness (QED) is 0.755. The van der Waals surface area contributed by atoms with Gasteiger partial charge in [-0.15, -0.1) is 0 Å². The number of carbonyl (C=O) groups excluding carboxylic acids is 2. The topological polar surface area (TPSA) is 92.3 Å². The fraction of sp³-hybridized carbons (Fsp3) is 0.263. The van der Waals surface area contributed by atoms with Crippen molar-refractivity contribution >= 4 is 21.7 Å². The third-order valence-electron chi connectivity index (χ3n) is 3.69. The molecule has 0 fully saturated rings. The zero-order valence-corrected chi connectivity index (χ0v) is 15.5. The summed E-state index contributed by atoms with van der Waals surface area (Å²) in [6, 6.07) is 16.5. The minimum Gasteiger partial charge on any atom is -0.346 e. The van der Waals surface area contributed by atoms with Gasteiger partial charge in [0.05, 0.1) is 4.90 Å². The second kappa shape index (κ2) is 8.62. The molecule has 0 aliphatic heterocycles. The van der Waals surface area contributed by atoms with Crippen molar-refractivity contribution < 1.29 is 18.0 Å². The van der Waals surface area contributed by atoms with Crippen LogP contribution in [0.2, 0.25) is 0 Å². The molecule has 0 bridgehead atoms. The Balaban J connectivity index is 2.26. The largest absolute Gasteiger partial charge is 0.346 e. The molecule has 0 saturated carbocycles. The van der Waals surface area contributed by atoms with Gasteiger partial charge in [-0.05, 0) is 31.5 Å². The molecular formula is C19H22N2O4S. The van der Waals surface area contributed by atoms with E-state index >= 15 is 0 Å². The van der Waals surface area contributed by atoms with Gasteiger partial charge in [0, 0.05) is 12.6 Å². The molecule has 1 atom stereocenters. The molecular weight excluding hydrogens is 352 g/mol. The lowest BCUT2D eigenvalue weighted by Crippen LogP contribution is -2.44. The van der Waals surface area contributed by atoms with Crippen molar-refractivity contribution in [1.29, 1.82) is 0 Å². The van der Waals surface area contributed by atoms with Crippen LogP contribution < -0.4 is 10.6 Å². The van der Waals surface area contributed by atoms with Gasteiger partial charge in [-0.1, -0.05) is 48.5 Å². The zero-order chi connectivity index (χ0) is 19.2. The SMILES string of the molecule is CC(C)NC(=O)C(=O)NC[C@@H](c1ccccc1)S(=O)(=O)c1ccccc1. The highest BCUT2D eigenvalue weighted by Gasteiger charge is 2.30. The number of rotatable bonds is 6. The first-order valence-electron chi connectivity index (χ1n) is 8.25. The normalized spacial score (nSPS) is 12.4. The van der Waals surface area contributed by atoms with Crippen LogP contribution in [0.1, 0.15) is 24.7 Å². The van der Waals surface area contributed by atoms with E-state index in [1.807, 2.05) is 0 Å². The van der Waals surface area contributed by atoms with Crippen molar-refractivity contribution in [2.75, 3.05) is 6.54 Å². The molecule has 0 saturated heterocycles. The molecule has 2 N–H and O–H groups in total. The maximum atomic E-state index is 13.0. The summed E-state index contributed by atoms with van der Waals surface area (Å²) in [6.07, 6.45) is 0. The molecule has 2 aromatic rings. The molecule has 6 nitrogen and oxygen atoms in total. The summed E-state index contributed by atoms with van der Waals surface area (Å²) in [6.45, 7) is 3.27. The maximum absolute atomic E-state index is 13.0. The van der Waals surface area contributed by atoms with Gasteiger partial charge in [0.2, 0.25) is 0 Å². The van der Waals surface area contributed by atoms with Gasteiger partial charge in [-0.25, -0.2) is 8.42 Å². The van der Waals surface area contributed by atoms with Gasteiger partial charge in [0.1, 0.15) is 5.25 Å². The highest BCUT2D eigenvalue weighted by atomic mass is 32.2. The zero-order valence-electron chi connectivity index (χ0n) is 14.7. The summed E-state index contributed by atoms with van der Waals surface area (Å²) < 4.78 is 26.1. The third kappa shape index (κ3) is 4.92. The van der Waals surface area contributed by atoms with Crippen LogP contribution in [0, 0.1) is 0 Å². The first-order valence-corrected chi connectivity index (χ1v) is 9.79. The minimum atomic E-state index is -3.74. The van der Waals surface area contributed by atoms with Gasteiger partial charge in [-0.3, -0.25) is 9.59 Å². The van der Waals surface area contributed by atoms with Crippen LogP contribution in [-0.2, 0) is 19.4 Å².